The van der Waals surface area contributed by atoms with Gasteiger partial charge >= 0.3 is 0 Å². The average molecular weight is 396 g/mol. The monoisotopic (exact) mass is 396 g/mol. The van der Waals surface area contributed by atoms with Crippen LogP contribution in [0.5, 0.6) is 0 Å². The molecule has 0 unspecified atom stereocenters. The molecular formula is C25H20N2O3. The lowest BCUT2D eigenvalue weighted by atomic mass is 9.76. The molecule has 3 aromatic carbocycles. The first-order valence-corrected chi connectivity index (χ1v) is 9.70. The molecule has 2 atom stereocenters. The molecule has 0 saturated carbocycles. The number of ether oxygens (including phenoxy) is 1. The van der Waals surface area contributed by atoms with Crippen LogP contribution in [0, 0.1) is 21.4 Å². The van der Waals surface area contributed by atoms with Crippen LogP contribution in [0.15, 0.2) is 90.5 Å². The molecule has 30 heavy (non-hydrogen) atoms. The van der Waals surface area contributed by atoms with Crippen LogP contribution in [0.4, 0.5) is 5.69 Å². The Morgan fingerprint density at radius 3 is 2.17 bits per heavy atom. The summed E-state index contributed by atoms with van der Waals surface area (Å²) in [5, 5.41) is 21.1. The SMILES string of the molecule is C[C@@]1(c2ccccc2)C[C@H](c2ccc([N+](=O)[O-])cc2)C(C#N)=C(c2ccccc2)O1. The zero-order valence-electron chi connectivity index (χ0n) is 16.5. The molecule has 1 aliphatic rings. The summed E-state index contributed by atoms with van der Waals surface area (Å²) in [7, 11) is 0. The molecule has 3 aromatic rings. The number of hydrogen-bond donors (Lipinski definition) is 0. The van der Waals surface area contributed by atoms with Gasteiger partial charge in [0.1, 0.15) is 11.4 Å². The van der Waals surface area contributed by atoms with Crippen LogP contribution in [0.3, 0.4) is 0 Å². The van der Waals surface area contributed by atoms with Gasteiger partial charge in [-0.15, -0.1) is 0 Å². The molecule has 0 amide bonds. The molecule has 0 radical (unpaired) electrons. The molecule has 1 aliphatic heterocycles. The maximum absolute atomic E-state index is 11.1. The van der Waals surface area contributed by atoms with Gasteiger partial charge in [0, 0.05) is 30.0 Å². The van der Waals surface area contributed by atoms with Gasteiger partial charge in [0.15, 0.2) is 0 Å². The lowest BCUT2D eigenvalue weighted by Gasteiger charge is -2.40. The van der Waals surface area contributed by atoms with Crippen LogP contribution >= 0.6 is 0 Å². The number of hydrogen-bond acceptors (Lipinski definition) is 4. The molecular weight excluding hydrogens is 376 g/mol. The Bertz CT molecular complexity index is 1130. The van der Waals surface area contributed by atoms with E-state index in [1.807, 2.05) is 67.6 Å². The van der Waals surface area contributed by atoms with Gasteiger partial charge in [-0.1, -0.05) is 72.8 Å². The highest BCUT2D eigenvalue weighted by molar-refractivity contribution is 5.70. The number of nitro benzene ring substituents is 1. The Balaban J connectivity index is 1.87. The summed E-state index contributed by atoms with van der Waals surface area (Å²) < 4.78 is 6.51. The van der Waals surface area contributed by atoms with Crippen LogP contribution in [-0.4, -0.2) is 4.92 Å². The van der Waals surface area contributed by atoms with Gasteiger partial charge in [-0.3, -0.25) is 10.1 Å². The van der Waals surface area contributed by atoms with E-state index in [4.69, 9.17) is 4.74 Å². The second-order valence-corrected chi connectivity index (χ2v) is 7.52. The summed E-state index contributed by atoms with van der Waals surface area (Å²) >= 11 is 0. The van der Waals surface area contributed by atoms with E-state index in [-0.39, 0.29) is 11.6 Å². The summed E-state index contributed by atoms with van der Waals surface area (Å²) in [4.78, 5) is 10.6. The number of non-ortho nitro benzene ring substituents is 1. The number of benzene rings is 3. The summed E-state index contributed by atoms with van der Waals surface area (Å²) in [6.45, 7) is 2.03. The van der Waals surface area contributed by atoms with E-state index >= 15 is 0 Å². The molecule has 4 rings (SSSR count). The van der Waals surface area contributed by atoms with Crippen LogP contribution in [0.25, 0.3) is 5.76 Å². The molecule has 0 N–H and O–H groups in total. The van der Waals surface area contributed by atoms with Crippen molar-refractivity contribution in [2.45, 2.75) is 24.9 Å². The molecule has 5 nitrogen and oxygen atoms in total. The fourth-order valence-corrected chi connectivity index (χ4v) is 3.98. The standard InChI is InChI=1S/C25H20N2O3/c1-25(20-10-6-3-7-11-20)16-22(18-12-14-21(15-13-18)27(28)29)23(17-26)24(30-25)19-8-4-2-5-9-19/h2-15,22H,16H2,1H3/t22-,25+/m1/s1. The quantitative estimate of drug-likeness (QED) is 0.403. The van der Waals surface area contributed by atoms with Crippen molar-refractivity contribution in [3.8, 4) is 6.07 Å². The van der Waals surface area contributed by atoms with E-state index < -0.39 is 10.5 Å². The van der Waals surface area contributed by atoms with Crippen LogP contribution in [0.1, 0.15) is 36.0 Å². The maximum Gasteiger partial charge on any atom is 0.269 e. The molecule has 0 bridgehead atoms. The molecule has 0 fully saturated rings. The second kappa shape index (κ2) is 7.84. The molecule has 5 heteroatoms. The Hall–Kier alpha value is -3.91. The lowest BCUT2D eigenvalue weighted by molar-refractivity contribution is -0.384. The van der Waals surface area contributed by atoms with Gasteiger partial charge in [-0.05, 0) is 18.1 Å². The van der Waals surface area contributed by atoms with Crippen molar-refractivity contribution < 1.29 is 9.66 Å². The van der Waals surface area contributed by atoms with Gasteiger partial charge in [0.25, 0.3) is 5.69 Å². The average Bonchev–Trinajstić information content (AvgIpc) is 2.80. The highest BCUT2D eigenvalue weighted by Gasteiger charge is 2.41. The van der Waals surface area contributed by atoms with Crippen molar-refractivity contribution in [1.29, 1.82) is 5.26 Å². The Morgan fingerprint density at radius 2 is 1.60 bits per heavy atom. The fourth-order valence-electron chi connectivity index (χ4n) is 3.98. The number of rotatable bonds is 4. The third-order valence-corrected chi connectivity index (χ3v) is 5.56. The second-order valence-electron chi connectivity index (χ2n) is 7.52. The predicted octanol–water partition coefficient (Wildman–Crippen LogP) is 5.95. The predicted molar refractivity (Wildman–Crippen MR) is 114 cm³/mol. The fraction of sp³-hybridized carbons (Fsp3) is 0.160. The van der Waals surface area contributed by atoms with E-state index in [2.05, 4.69) is 6.07 Å². The van der Waals surface area contributed by atoms with E-state index in [9.17, 15) is 15.4 Å². The first-order valence-electron chi connectivity index (χ1n) is 9.70. The normalized spacial score (nSPS) is 20.9. The summed E-state index contributed by atoms with van der Waals surface area (Å²) in [5.74, 6) is 0.309. The Labute approximate surface area is 175 Å². The Morgan fingerprint density at radius 1 is 1.00 bits per heavy atom. The van der Waals surface area contributed by atoms with Crippen molar-refractivity contribution in [2.75, 3.05) is 0 Å². The Kier molecular flexibility index (Phi) is 5.07. The van der Waals surface area contributed by atoms with Crippen molar-refractivity contribution in [1.82, 2.24) is 0 Å². The molecule has 1 heterocycles. The lowest BCUT2D eigenvalue weighted by Crippen LogP contribution is -2.33. The van der Waals surface area contributed by atoms with Crippen LogP contribution in [-0.2, 0) is 10.3 Å². The first kappa shape index (κ1) is 19.4. The highest BCUT2D eigenvalue weighted by Crippen LogP contribution is 2.49. The van der Waals surface area contributed by atoms with E-state index in [1.165, 1.54) is 12.1 Å². The largest absolute Gasteiger partial charge is 0.481 e. The minimum atomic E-state index is -0.654. The number of allylic oxidation sites excluding steroid dienone is 1. The minimum Gasteiger partial charge on any atom is -0.481 e. The van der Waals surface area contributed by atoms with Crippen molar-refractivity contribution in [2.24, 2.45) is 0 Å². The van der Waals surface area contributed by atoms with E-state index in [0.29, 0.717) is 17.8 Å². The minimum absolute atomic E-state index is 0.0300. The smallest absolute Gasteiger partial charge is 0.269 e. The molecule has 0 aromatic heterocycles. The molecule has 0 aliphatic carbocycles. The number of nitrogens with zero attached hydrogens (tertiary/aromatic N) is 2. The van der Waals surface area contributed by atoms with Gasteiger partial charge in [-0.2, -0.15) is 5.26 Å². The highest BCUT2D eigenvalue weighted by atomic mass is 16.6. The van der Waals surface area contributed by atoms with Crippen LogP contribution in [0.2, 0.25) is 0 Å². The van der Waals surface area contributed by atoms with Gasteiger partial charge in [-0.25, -0.2) is 0 Å². The topological polar surface area (TPSA) is 76.2 Å². The van der Waals surface area contributed by atoms with Gasteiger partial charge in [0.05, 0.1) is 16.6 Å². The van der Waals surface area contributed by atoms with Gasteiger partial charge < -0.3 is 4.74 Å². The molecule has 0 spiro atoms. The third-order valence-electron chi connectivity index (χ3n) is 5.56. The van der Waals surface area contributed by atoms with Crippen molar-refractivity contribution in [3.05, 3.63) is 117 Å². The zero-order chi connectivity index (χ0) is 21.1. The summed E-state index contributed by atoms with van der Waals surface area (Å²) in [6, 6.07) is 28.3. The van der Waals surface area contributed by atoms with Gasteiger partial charge in [0.2, 0.25) is 0 Å². The zero-order valence-corrected chi connectivity index (χ0v) is 16.5. The molecule has 148 valence electrons. The number of nitro groups is 1. The first-order chi connectivity index (χ1) is 14.5. The molecule has 0 saturated heterocycles. The van der Waals surface area contributed by atoms with E-state index in [0.717, 1.165) is 16.7 Å². The van der Waals surface area contributed by atoms with Crippen molar-refractivity contribution in [3.63, 3.8) is 0 Å². The van der Waals surface area contributed by atoms with E-state index in [1.54, 1.807) is 12.1 Å². The maximum atomic E-state index is 11.1. The number of nitriles is 1. The van der Waals surface area contributed by atoms with Crippen molar-refractivity contribution >= 4 is 11.4 Å². The summed E-state index contributed by atoms with van der Waals surface area (Å²) in [6.07, 6.45) is 0.550. The third kappa shape index (κ3) is 3.56. The summed E-state index contributed by atoms with van der Waals surface area (Å²) in [5.41, 5.74) is 2.62. The van der Waals surface area contributed by atoms with Crippen LogP contribution < -0.4 is 0 Å².